The molecule has 1 fully saturated rings. The van der Waals surface area contributed by atoms with E-state index < -0.39 is 0 Å². The quantitative estimate of drug-likeness (QED) is 0.612. The van der Waals surface area contributed by atoms with Gasteiger partial charge in [0.1, 0.15) is 0 Å². The standard InChI is InChI=1S/C11H21NO/c1-10(2)5-6-11-4-3-7-12(8-11)9-13/h9-11H,3-8H2,1-2H3. The molecule has 0 aromatic carbocycles. The number of amides is 1. The molecule has 1 heterocycles. The Morgan fingerprint density at radius 2 is 2.31 bits per heavy atom. The van der Waals surface area contributed by atoms with E-state index in [1.54, 1.807) is 0 Å². The molecule has 0 aliphatic carbocycles. The Balaban J connectivity index is 2.21. The first-order valence-electron chi connectivity index (χ1n) is 5.41. The third kappa shape index (κ3) is 3.79. The number of hydrogen-bond donors (Lipinski definition) is 0. The van der Waals surface area contributed by atoms with Gasteiger partial charge in [-0.1, -0.05) is 20.3 Å². The van der Waals surface area contributed by atoms with Gasteiger partial charge >= 0.3 is 0 Å². The van der Waals surface area contributed by atoms with Crippen LogP contribution in [0.3, 0.4) is 0 Å². The van der Waals surface area contributed by atoms with Crippen molar-refractivity contribution in [2.24, 2.45) is 11.8 Å². The molecule has 13 heavy (non-hydrogen) atoms. The lowest BCUT2D eigenvalue weighted by Crippen LogP contribution is -2.34. The summed E-state index contributed by atoms with van der Waals surface area (Å²) in [5.74, 6) is 1.56. The van der Waals surface area contributed by atoms with Gasteiger partial charge in [-0.05, 0) is 31.1 Å². The van der Waals surface area contributed by atoms with Gasteiger partial charge in [0, 0.05) is 13.1 Å². The first kappa shape index (κ1) is 10.6. The topological polar surface area (TPSA) is 20.3 Å². The number of carbonyl (C=O) groups excluding carboxylic acids is 1. The molecule has 1 amide bonds. The molecule has 1 rings (SSSR count). The third-order valence-corrected chi connectivity index (χ3v) is 2.85. The molecule has 1 saturated heterocycles. The van der Waals surface area contributed by atoms with E-state index in [2.05, 4.69) is 13.8 Å². The molecule has 2 nitrogen and oxygen atoms in total. The number of rotatable bonds is 4. The number of likely N-dealkylation sites (tertiary alicyclic amines) is 1. The van der Waals surface area contributed by atoms with Crippen molar-refractivity contribution in [3.8, 4) is 0 Å². The van der Waals surface area contributed by atoms with Gasteiger partial charge in [-0.3, -0.25) is 4.79 Å². The van der Waals surface area contributed by atoms with Crippen LogP contribution in [0.15, 0.2) is 0 Å². The summed E-state index contributed by atoms with van der Waals surface area (Å²) in [6, 6.07) is 0. The van der Waals surface area contributed by atoms with Gasteiger partial charge in [0.05, 0.1) is 0 Å². The van der Waals surface area contributed by atoms with Gasteiger partial charge < -0.3 is 4.90 Å². The number of hydrogen-bond acceptors (Lipinski definition) is 1. The molecule has 0 radical (unpaired) electrons. The first-order valence-corrected chi connectivity index (χ1v) is 5.41. The maximum atomic E-state index is 10.6. The van der Waals surface area contributed by atoms with Crippen LogP contribution < -0.4 is 0 Å². The van der Waals surface area contributed by atoms with Crippen molar-refractivity contribution in [2.45, 2.75) is 39.5 Å². The highest BCUT2D eigenvalue weighted by Crippen LogP contribution is 2.21. The Bertz CT molecular complexity index is 156. The average molecular weight is 183 g/mol. The summed E-state index contributed by atoms with van der Waals surface area (Å²) in [5, 5.41) is 0. The Morgan fingerprint density at radius 1 is 1.54 bits per heavy atom. The van der Waals surface area contributed by atoms with E-state index >= 15 is 0 Å². The number of carbonyl (C=O) groups is 1. The zero-order valence-electron chi connectivity index (χ0n) is 8.83. The first-order chi connectivity index (χ1) is 6.22. The average Bonchev–Trinajstić information content (AvgIpc) is 2.15. The molecule has 1 atom stereocenters. The van der Waals surface area contributed by atoms with Crippen molar-refractivity contribution in [2.75, 3.05) is 13.1 Å². The van der Waals surface area contributed by atoms with E-state index in [0.717, 1.165) is 31.3 Å². The second-order valence-electron chi connectivity index (χ2n) is 4.58. The fourth-order valence-electron chi connectivity index (χ4n) is 2.00. The van der Waals surface area contributed by atoms with Crippen molar-refractivity contribution >= 4 is 6.41 Å². The highest BCUT2D eigenvalue weighted by atomic mass is 16.1. The normalized spacial score (nSPS) is 23.6. The van der Waals surface area contributed by atoms with Gasteiger partial charge in [0.15, 0.2) is 0 Å². The van der Waals surface area contributed by atoms with E-state index in [1.165, 1.54) is 25.7 Å². The van der Waals surface area contributed by atoms with Crippen molar-refractivity contribution in [3.05, 3.63) is 0 Å². The van der Waals surface area contributed by atoms with Crippen LogP contribution in [0.25, 0.3) is 0 Å². The van der Waals surface area contributed by atoms with Crippen LogP contribution in [-0.2, 0) is 4.79 Å². The Hall–Kier alpha value is -0.530. The molecule has 1 unspecified atom stereocenters. The molecule has 2 heteroatoms. The SMILES string of the molecule is CC(C)CCC1CCCN(C=O)C1. The largest absolute Gasteiger partial charge is 0.345 e. The summed E-state index contributed by atoms with van der Waals surface area (Å²) in [6.07, 6.45) is 6.11. The fourth-order valence-corrected chi connectivity index (χ4v) is 2.00. The van der Waals surface area contributed by atoms with Gasteiger partial charge in [-0.25, -0.2) is 0 Å². The second-order valence-corrected chi connectivity index (χ2v) is 4.58. The van der Waals surface area contributed by atoms with Crippen LogP contribution in [0.5, 0.6) is 0 Å². The van der Waals surface area contributed by atoms with Gasteiger partial charge in [-0.15, -0.1) is 0 Å². The van der Waals surface area contributed by atoms with Crippen molar-refractivity contribution < 1.29 is 4.79 Å². The van der Waals surface area contributed by atoms with Crippen LogP contribution in [-0.4, -0.2) is 24.4 Å². The lowest BCUT2D eigenvalue weighted by Gasteiger charge is -2.30. The molecule has 1 aliphatic heterocycles. The minimum atomic E-state index is 0.765. The molecule has 0 N–H and O–H groups in total. The maximum absolute atomic E-state index is 10.6. The van der Waals surface area contributed by atoms with Crippen LogP contribution in [0.1, 0.15) is 39.5 Å². The Morgan fingerprint density at radius 3 is 2.92 bits per heavy atom. The van der Waals surface area contributed by atoms with Crippen molar-refractivity contribution in [1.82, 2.24) is 4.90 Å². The monoisotopic (exact) mass is 183 g/mol. The summed E-state index contributed by atoms with van der Waals surface area (Å²) in [4.78, 5) is 12.5. The second kappa shape index (κ2) is 5.25. The summed E-state index contributed by atoms with van der Waals surface area (Å²) in [5.41, 5.74) is 0. The molecular formula is C11H21NO. The molecule has 0 aromatic heterocycles. The molecule has 0 saturated carbocycles. The predicted molar refractivity (Wildman–Crippen MR) is 54.4 cm³/mol. The van der Waals surface area contributed by atoms with Gasteiger partial charge in [-0.2, -0.15) is 0 Å². The van der Waals surface area contributed by atoms with Gasteiger partial charge in [0.25, 0.3) is 0 Å². The smallest absolute Gasteiger partial charge is 0.209 e. The van der Waals surface area contributed by atoms with E-state index in [1.807, 2.05) is 4.90 Å². The Labute approximate surface area is 81.3 Å². The molecule has 76 valence electrons. The lowest BCUT2D eigenvalue weighted by atomic mass is 9.91. The third-order valence-electron chi connectivity index (χ3n) is 2.85. The van der Waals surface area contributed by atoms with Gasteiger partial charge in [0.2, 0.25) is 6.41 Å². The number of piperidine rings is 1. The van der Waals surface area contributed by atoms with Crippen LogP contribution in [0.4, 0.5) is 0 Å². The fraction of sp³-hybridized carbons (Fsp3) is 0.909. The van der Waals surface area contributed by atoms with E-state index in [4.69, 9.17) is 0 Å². The highest BCUT2D eigenvalue weighted by Gasteiger charge is 2.18. The maximum Gasteiger partial charge on any atom is 0.209 e. The van der Waals surface area contributed by atoms with Crippen molar-refractivity contribution in [3.63, 3.8) is 0 Å². The molecule has 0 aromatic rings. The summed E-state index contributed by atoms with van der Waals surface area (Å²) < 4.78 is 0. The molecule has 1 aliphatic rings. The lowest BCUT2D eigenvalue weighted by molar-refractivity contribution is -0.119. The molecule has 0 bridgehead atoms. The Kier molecular flexibility index (Phi) is 4.26. The van der Waals surface area contributed by atoms with Crippen LogP contribution in [0.2, 0.25) is 0 Å². The predicted octanol–water partition coefficient (Wildman–Crippen LogP) is 2.29. The van der Waals surface area contributed by atoms with E-state index in [-0.39, 0.29) is 0 Å². The van der Waals surface area contributed by atoms with Crippen LogP contribution >= 0.6 is 0 Å². The zero-order valence-corrected chi connectivity index (χ0v) is 8.83. The molecular weight excluding hydrogens is 162 g/mol. The van der Waals surface area contributed by atoms with E-state index in [9.17, 15) is 4.79 Å². The summed E-state index contributed by atoms with van der Waals surface area (Å²) >= 11 is 0. The minimum absolute atomic E-state index is 0.765. The minimum Gasteiger partial charge on any atom is -0.345 e. The zero-order chi connectivity index (χ0) is 9.68. The highest BCUT2D eigenvalue weighted by molar-refractivity contribution is 5.47. The van der Waals surface area contributed by atoms with E-state index in [0.29, 0.717) is 0 Å². The summed E-state index contributed by atoms with van der Waals surface area (Å²) in [6.45, 7) is 6.50. The number of nitrogens with zero attached hydrogens (tertiary/aromatic N) is 1. The summed E-state index contributed by atoms with van der Waals surface area (Å²) in [7, 11) is 0. The van der Waals surface area contributed by atoms with Crippen LogP contribution in [0, 0.1) is 11.8 Å². The molecule has 0 spiro atoms. The van der Waals surface area contributed by atoms with Crippen molar-refractivity contribution in [1.29, 1.82) is 0 Å².